The molecule has 2 rings (SSSR count). The zero-order valence-electron chi connectivity index (χ0n) is 14.6. The summed E-state index contributed by atoms with van der Waals surface area (Å²) in [5, 5.41) is 12.9. The van der Waals surface area contributed by atoms with Crippen LogP contribution in [0.3, 0.4) is 0 Å². The largest absolute Gasteiger partial charge is 0.391 e. The van der Waals surface area contributed by atoms with E-state index in [0.29, 0.717) is 30.6 Å². The van der Waals surface area contributed by atoms with Gasteiger partial charge in [-0.1, -0.05) is 13.8 Å². The smallest absolute Gasteiger partial charge is 0.389 e. The lowest BCUT2D eigenvalue weighted by Gasteiger charge is -2.18. The van der Waals surface area contributed by atoms with Crippen LogP contribution in [0, 0.1) is 5.92 Å². The van der Waals surface area contributed by atoms with E-state index in [1.165, 1.54) is 6.92 Å². The van der Waals surface area contributed by atoms with Crippen LogP contribution in [-0.4, -0.2) is 38.9 Å². The van der Waals surface area contributed by atoms with Crippen molar-refractivity contribution in [1.82, 2.24) is 15.0 Å². The Bertz CT molecular complexity index is 604. The molecule has 0 aliphatic heterocycles. The van der Waals surface area contributed by atoms with Crippen LogP contribution in [0.4, 0.5) is 19.1 Å². The summed E-state index contributed by atoms with van der Waals surface area (Å²) in [5.74, 6) is -0.236. The molecule has 1 aromatic heterocycles. The fraction of sp³-hybridized carbons (Fsp3) is 0.706. The Morgan fingerprint density at radius 1 is 1.32 bits per heavy atom. The van der Waals surface area contributed by atoms with Crippen LogP contribution in [0.2, 0.25) is 0 Å². The van der Waals surface area contributed by atoms with E-state index in [0.717, 1.165) is 24.8 Å². The maximum absolute atomic E-state index is 12.7. The first kappa shape index (κ1) is 19.6. The van der Waals surface area contributed by atoms with Crippen LogP contribution < -0.4 is 5.32 Å². The van der Waals surface area contributed by atoms with Crippen LogP contribution in [-0.2, 0) is 6.42 Å². The van der Waals surface area contributed by atoms with E-state index in [2.05, 4.69) is 20.3 Å². The third-order valence-corrected chi connectivity index (χ3v) is 4.20. The molecule has 0 fully saturated rings. The van der Waals surface area contributed by atoms with Crippen LogP contribution >= 0.6 is 0 Å². The summed E-state index contributed by atoms with van der Waals surface area (Å²) >= 11 is 0. The highest BCUT2D eigenvalue weighted by Gasteiger charge is 2.35. The maximum Gasteiger partial charge on any atom is 0.391 e. The van der Waals surface area contributed by atoms with Crippen molar-refractivity contribution in [3.8, 4) is 0 Å². The lowest BCUT2D eigenvalue weighted by molar-refractivity contribution is -0.171. The van der Waals surface area contributed by atoms with Gasteiger partial charge in [0.1, 0.15) is 5.82 Å². The molecule has 0 radical (unpaired) electrons. The van der Waals surface area contributed by atoms with Crippen LogP contribution in [0.25, 0.3) is 5.57 Å². The molecular formula is C17H25F3N4O. The highest BCUT2D eigenvalue weighted by Crippen LogP contribution is 2.29. The van der Waals surface area contributed by atoms with E-state index in [-0.39, 0.29) is 12.8 Å². The predicted molar refractivity (Wildman–Crippen MR) is 90.0 cm³/mol. The van der Waals surface area contributed by atoms with Crippen LogP contribution in [0.15, 0.2) is 6.08 Å². The maximum atomic E-state index is 12.7. The highest BCUT2D eigenvalue weighted by molar-refractivity contribution is 5.61. The molecule has 1 unspecified atom stereocenters. The number of aliphatic hydroxyl groups is 1. The van der Waals surface area contributed by atoms with Gasteiger partial charge in [0.15, 0.2) is 5.82 Å². The number of aromatic nitrogens is 3. The van der Waals surface area contributed by atoms with Crippen molar-refractivity contribution >= 4 is 11.5 Å². The zero-order valence-corrected chi connectivity index (χ0v) is 14.6. The molecule has 140 valence electrons. The number of nitrogens with zero attached hydrogens (tertiary/aromatic N) is 3. The molecule has 0 spiro atoms. The van der Waals surface area contributed by atoms with E-state index < -0.39 is 18.2 Å². The molecule has 0 bridgehead atoms. The number of hydrogen-bond donors (Lipinski definition) is 2. The number of halogens is 3. The van der Waals surface area contributed by atoms with Crippen molar-refractivity contribution in [2.75, 3.05) is 11.9 Å². The quantitative estimate of drug-likeness (QED) is 0.777. The molecule has 1 aromatic rings. The van der Waals surface area contributed by atoms with Crippen molar-refractivity contribution in [3.63, 3.8) is 0 Å². The Kier molecular flexibility index (Phi) is 6.75. The molecule has 2 N–H and O–H groups in total. The first-order valence-corrected chi connectivity index (χ1v) is 8.74. The van der Waals surface area contributed by atoms with Gasteiger partial charge < -0.3 is 10.4 Å². The average Bonchev–Trinajstić information content (AvgIpc) is 2.56. The fourth-order valence-electron chi connectivity index (χ4n) is 2.59. The average molecular weight is 358 g/mol. The van der Waals surface area contributed by atoms with Crippen molar-refractivity contribution in [1.29, 1.82) is 0 Å². The molecule has 0 saturated carbocycles. The third kappa shape index (κ3) is 5.95. The minimum absolute atomic E-state index is 0.0676. The Hall–Kier alpha value is -1.70. The number of aryl methyl sites for hydroxylation is 1. The number of alkyl halides is 3. The second-order valence-electron chi connectivity index (χ2n) is 6.46. The van der Waals surface area contributed by atoms with E-state index in [4.69, 9.17) is 0 Å². The van der Waals surface area contributed by atoms with Gasteiger partial charge in [-0.15, -0.1) is 0 Å². The molecule has 5 nitrogen and oxygen atoms in total. The molecular weight excluding hydrogens is 333 g/mol. The van der Waals surface area contributed by atoms with Gasteiger partial charge in [-0.25, -0.2) is 4.98 Å². The first-order valence-electron chi connectivity index (χ1n) is 8.74. The van der Waals surface area contributed by atoms with Gasteiger partial charge in [-0.2, -0.15) is 23.1 Å². The molecule has 8 heteroatoms. The number of rotatable bonds is 7. The topological polar surface area (TPSA) is 70.9 Å². The first-order chi connectivity index (χ1) is 11.8. The summed E-state index contributed by atoms with van der Waals surface area (Å²) in [4.78, 5) is 13.0. The fourth-order valence-corrected chi connectivity index (χ4v) is 2.59. The Balaban J connectivity index is 2.21. The van der Waals surface area contributed by atoms with Gasteiger partial charge in [-0.05, 0) is 43.8 Å². The lowest BCUT2D eigenvalue weighted by Crippen LogP contribution is -2.21. The van der Waals surface area contributed by atoms with Gasteiger partial charge >= 0.3 is 6.18 Å². The Morgan fingerprint density at radius 3 is 2.72 bits per heavy atom. The SMILES string of the molecule is CCCNc1nc(CC[C@H](C)C(F)(F)F)nc(C2=CC(O)CCC2)n1. The van der Waals surface area contributed by atoms with Crippen molar-refractivity contribution in [2.45, 2.75) is 64.7 Å². The summed E-state index contributed by atoms with van der Waals surface area (Å²) in [6, 6.07) is 0. The molecule has 1 aliphatic rings. The summed E-state index contributed by atoms with van der Waals surface area (Å²) in [6.07, 6.45) is 0.202. The van der Waals surface area contributed by atoms with Gasteiger partial charge in [0.25, 0.3) is 0 Å². The van der Waals surface area contributed by atoms with Gasteiger partial charge in [0.2, 0.25) is 5.95 Å². The molecule has 1 aliphatic carbocycles. The summed E-state index contributed by atoms with van der Waals surface area (Å²) < 4.78 is 38.1. The molecule has 1 heterocycles. The Labute approximate surface area is 145 Å². The second-order valence-corrected chi connectivity index (χ2v) is 6.46. The number of aliphatic hydroxyl groups excluding tert-OH is 1. The molecule has 25 heavy (non-hydrogen) atoms. The van der Waals surface area contributed by atoms with E-state index >= 15 is 0 Å². The Morgan fingerprint density at radius 2 is 2.08 bits per heavy atom. The number of hydrogen-bond acceptors (Lipinski definition) is 5. The molecule has 0 aromatic carbocycles. The summed E-state index contributed by atoms with van der Waals surface area (Å²) in [5.41, 5.74) is 0.825. The summed E-state index contributed by atoms with van der Waals surface area (Å²) in [6.45, 7) is 3.84. The predicted octanol–water partition coefficient (Wildman–Crippen LogP) is 3.75. The molecule has 0 amide bonds. The number of anilines is 1. The number of nitrogens with one attached hydrogen (secondary N) is 1. The standard InChI is InChI=1S/C17H25F3N4O/c1-3-9-21-16-23-14(8-7-11(2)17(18,19)20)22-15(24-16)12-5-4-6-13(25)10-12/h10-11,13,25H,3-9H2,1-2H3,(H,21,22,23,24)/t11-,13?/m0/s1. The van der Waals surface area contributed by atoms with E-state index in [1.807, 2.05) is 6.92 Å². The second kappa shape index (κ2) is 8.60. The minimum Gasteiger partial charge on any atom is -0.389 e. The van der Waals surface area contributed by atoms with Gasteiger partial charge in [0, 0.05) is 13.0 Å². The monoisotopic (exact) mass is 358 g/mol. The molecule has 0 saturated heterocycles. The van der Waals surface area contributed by atoms with E-state index in [1.54, 1.807) is 6.08 Å². The van der Waals surface area contributed by atoms with Gasteiger partial charge in [-0.3, -0.25) is 0 Å². The number of allylic oxidation sites excluding steroid dienone is 1. The minimum atomic E-state index is -4.21. The van der Waals surface area contributed by atoms with Crippen molar-refractivity contribution in [2.24, 2.45) is 5.92 Å². The van der Waals surface area contributed by atoms with E-state index in [9.17, 15) is 18.3 Å². The third-order valence-electron chi connectivity index (χ3n) is 4.20. The van der Waals surface area contributed by atoms with Crippen molar-refractivity contribution in [3.05, 3.63) is 17.7 Å². The van der Waals surface area contributed by atoms with Gasteiger partial charge in [0.05, 0.1) is 12.0 Å². The lowest BCUT2D eigenvalue weighted by atomic mass is 9.97. The van der Waals surface area contributed by atoms with Crippen molar-refractivity contribution < 1.29 is 18.3 Å². The molecule has 2 atom stereocenters. The zero-order chi connectivity index (χ0) is 18.4. The summed E-state index contributed by atoms with van der Waals surface area (Å²) in [7, 11) is 0. The van der Waals surface area contributed by atoms with Crippen LogP contribution in [0.1, 0.15) is 57.6 Å². The highest BCUT2D eigenvalue weighted by atomic mass is 19.4. The van der Waals surface area contributed by atoms with Crippen LogP contribution in [0.5, 0.6) is 0 Å². The normalized spacial score (nSPS) is 19.4.